The van der Waals surface area contributed by atoms with E-state index in [1.54, 1.807) is 0 Å². The molecule has 0 aromatic carbocycles. The number of aromatic nitrogens is 3. The fraction of sp³-hybridized carbons (Fsp3) is 0.714. The number of anilines is 1. The number of nitrogens with one attached hydrogen (secondary N) is 2. The second-order valence-corrected chi connectivity index (χ2v) is 3.05. The molecule has 2 rings (SSSR count). The van der Waals surface area contributed by atoms with Crippen molar-refractivity contribution in [2.24, 2.45) is 7.05 Å². The molecule has 1 aromatic rings. The summed E-state index contributed by atoms with van der Waals surface area (Å²) < 4.78 is 2.01. The highest BCUT2D eigenvalue weighted by Gasteiger charge is 2.24. The van der Waals surface area contributed by atoms with E-state index < -0.39 is 0 Å². The number of hydrogen-bond donors (Lipinski definition) is 2. The molecular formula is C7H13N5. The molecule has 1 saturated heterocycles. The first-order chi connectivity index (χ1) is 5.83. The highest BCUT2D eigenvalue weighted by atomic mass is 15.3. The maximum atomic E-state index is 4.12. The molecule has 0 radical (unpaired) electrons. The van der Waals surface area contributed by atoms with E-state index in [9.17, 15) is 0 Å². The lowest BCUT2D eigenvalue weighted by atomic mass is 10.0. The summed E-state index contributed by atoms with van der Waals surface area (Å²) in [4.78, 5) is 0. The van der Waals surface area contributed by atoms with Crippen molar-refractivity contribution in [3.8, 4) is 0 Å². The fourth-order valence-corrected chi connectivity index (χ4v) is 1.39. The van der Waals surface area contributed by atoms with Crippen LogP contribution in [0.4, 0.5) is 5.95 Å². The molecule has 5 heteroatoms. The van der Waals surface area contributed by atoms with Gasteiger partial charge < -0.3 is 15.2 Å². The van der Waals surface area contributed by atoms with Crippen LogP contribution in [0.5, 0.6) is 0 Å². The van der Waals surface area contributed by atoms with Crippen LogP contribution in [0.3, 0.4) is 0 Å². The summed E-state index contributed by atoms with van der Waals surface area (Å²) in [6.45, 7) is 2.05. The smallest absolute Gasteiger partial charge is 0.224 e. The Balaban J connectivity index is 2.25. The average Bonchev–Trinajstić information content (AvgIpc) is 2.30. The van der Waals surface area contributed by atoms with Crippen LogP contribution in [-0.2, 0) is 7.05 Å². The maximum Gasteiger partial charge on any atom is 0.224 e. The van der Waals surface area contributed by atoms with Gasteiger partial charge in [0.15, 0.2) is 0 Å². The van der Waals surface area contributed by atoms with Crippen LogP contribution < -0.4 is 10.6 Å². The highest BCUT2D eigenvalue weighted by Crippen LogP contribution is 2.18. The third-order valence-electron chi connectivity index (χ3n) is 2.28. The van der Waals surface area contributed by atoms with Crippen LogP contribution in [0.15, 0.2) is 0 Å². The van der Waals surface area contributed by atoms with Gasteiger partial charge in [-0.15, -0.1) is 10.2 Å². The van der Waals surface area contributed by atoms with Gasteiger partial charge in [0.1, 0.15) is 5.82 Å². The summed E-state index contributed by atoms with van der Waals surface area (Å²) in [6.07, 6.45) is 0. The van der Waals surface area contributed by atoms with Crippen molar-refractivity contribution >= 4 is 5.95 Å². The van der Waals surface area contributed by atoms with Crippen molar-refractivity contribution in [1.29, 1.82) is 0 Å². The molecule has 0 saturated carbocycles. The third-order valence-corrected chi connectivity index (χ3v) is 2.28. The molecule has 66 valence electrons. The van der Waals surface area contributed by atoms with E-state index in [1.807, 2.05) is 18.7 Å². The molecule has 0 atom stereocenters. The summed E-state index contributed by atoms with van der Waals surface area (Å²) >= 11 is 0. The van der Waals surface area contributed by atoms with Crippen LogP contribution in [0, 0.1) is 0 Å². The van der Waals surface area contributed by atoms with Gasteiger partial charge >= 0.3 is 0 Å². The fourth-order valence-electron chi connectivity index (χ4n) is 1.39. The summed E-state index contributed by atoms with van der Waals surface area (Å²) in [5.41, 5.74) is 0. The predicted octanol–water partition coefficient (Wildman–Crippen LogP) is -0.456. The van der Waals surface area contributed by atoms with Crippen LogP contribution in [0.2, 0.25) is 0 Å². The second-order valence-electron chi connectivity index (χ2n) is 3.05. The van der Waals surface area contributed by atoms with Gasteiger partial charge in [-0.2, -0.15) is 0 Å². The Kier molecular flexibility index (Phi) is 1.73. The van der Waals surface area contributed by atoms with E-state index in [1.165, 1.54) is 0 Å². The lowest BCUT2D eigenvalue weighted by Crippen LogP contribution is -2.41. The summed E-state index contributed by atoms with van der Waals surface area (Å²) in [6, 6.07) is 0. The molecule has 0 aliphatic carbocycles. The van der Waals surface area contributed by atoms with Gasteiger partial charge in [0.2, 0.25) is 5.95 Å². The molecule has 1 fully saturated rings. The van der Waals surface area contributed by atoms with E-state index in [2.05, 4.69) is 20.8 Å². The number of hydrogen-bond acceptors (Lipinski definition) is 4. The minimum atomic E-state index is 0.546. The standard InChI is InChI=1S/C7H13N5/c1-8-7-11-10-6(12(7)2)5-3-9-4-5/h5,9H,3-4H2,1-2H3,(H,8,11). The molecule has 5 nitrogen and oxygen atoms in total. The Bertz CT molecular complexity index is 275. The van der Waals surface area contributed by atoms with Crippen LogP contribution in [0.1, 0.15) is 11.7 Å². The zero-order valence-electron chi connectivity index (χ0n) is 7.33. The first kappa shape index (κ1) is 7.54. The lowest BCUT2D eigenvalue weighted by Gasteiger charge is -2.25. The second kappa shape index (κ2) is 2.75. The Labute approximate surface area is 71.2 Å². The van der Waals surface area contributed by atoms with E-state index in [4.69, 9.17) is 0 Å². The van der Waals surface area contributed by atoms with Gasteiger partial charge in [-0.3, -0.25) is 0 Å². The van der Waals surface area contributed by atoms with Gasteiger partial charge in [0, 0.05) is 33.1 Å². The van der Waals surface area contributed by atoms with Crippen molar-refractivity contribution in [2.75, 3.05) is 25.5 Å². The first-order valence-corrected chi connectivity index (χ1v) is 4.10. The molecule has 1 aromatic heterocycles. The highest BCUT2D eigenvalue weighted by molar-refractivity contribution is 5.25. The molecule has 0 unspecified atom stereocenters. The minimum absolute atomic E-state index is 0.546. The molecule has 0 bridgehead atoms. The van der Waals surface area contributed by atoms with Crippen LogP contribution in [0.25, 0.3) is 0 Å². The SMILES string of the molecule is CNc1nnc(C2CNC2)n1C. The van der Waals surface area contributed by atoms with Gasteiger partial charge in [0.05, 0.1) is 0 Å². The van der Waals surface area contributed by atoms with E-state index in [0.717, 1.165) is 24.9 Å². The van der Waals surface area contributed by atoms with Crippen molar-refractivity contribution in [2.45, 2.75) is 5.92 Å². The van der Waals surface area contributed by atoms with Gasteiger partial charge in [-0.25, -0.2) is 0 Å². The Hall–Kier alpha value is -1.10. The average molecular weight is 167 g/mol. The van der Waals surface area contributed by atoms with Crippen LogP contribution in [-0.4, -0.2) is 34.9 Å². The zero-order chi connectivity index (χ0) is 8.55. The Morgan fingerprint density at radius 1 is 1.50 bits per heavy atom. The van der Waals surface area contributed by atoms with Gasteiger partial charge in [0.25, 0.3) is 0 Å². The predicted molar refractivity (Wildman–Crippen MR) is 46.2 cm³/mol. The van der Waals surface area contributed by atoms with Crippen molar-refractivity contribution in [1.82, 2.24) is 20.1 Å². The Morgan fingerprint density at radius 2 is 2.25 bits per heavy atom. The third kappa shape index (κ3) is 0.972. The normalized spacial score (nSPS) is 17.5. The van der Waals surface area contributed by atoms with E-state index in [0.29, 0.717) is 5.92 Å². The van der Waals surface area contributed by atoms with Crippen LogP contribution >= 0.6 is 0 Å². The molecule has 1 aliphatic rings. The molecule has 2 N–H and O–H groups in total. The number of rotatable bonds is 2. The number of nitrogens with zero attached hydrogens (tertiary/aromatic N) is 3. The summed E-state index contributed by atoms with van der Waals surface area (Å²) in [7, 11) is 3.84. The monoisotopic (exact) mass is 167 g/mol. The van der Waals surface area contributed by atoms with Crippen molar-refractivity contribution in [3.05, 3.63) is 5.82 Å². The largest absolute Gasteiger partial charge is 0.357 e. The quantitative estimate of drug-likeness (QED) is 0.626. The molecule has 0 spiro atoms. The maximum absolute atomic E-state index is 4.12. The minimum Gasteiger partial charge on any atom is -0.357 e. The Morgan fingerprint density at radius 3 is 2.67 bits per heavy atom. The van der Waals surface area contributed by atoms with Crippen molar-refractivity contribution in [3.63, 3.8) is 0 Å². The molecule has 2 heterocycles. The molecular weight excluding hydrogens is 154 g/mol. The molecule has 0 amide bonds. The van der Waals surface area contributed by atoms with E-state index >= 15 is 0 Å². The van der Waals surface area contributed by atoms with E-state index in [-0.39, 0.29) is 0 Å². The lowest BCUT2D eigenvalue weighted by molar-refractivity contribution is 0.420. The van der Waals surface area contributed by atoms with Gasteiger partial charge in [-0.1, -0.05) is 0 Å². The first-order valence-electron chi connectivity index (χ1n) is 4.10. The van der Waals surface area contributed by atoms with Gasteiger partial charge in [-0.05, 0) is 0 Å². The summed E-state index contributed by atoms with van der Waals surface area (Å²) in [5.74, 6) is 2.44. The van der Waals surface area contributed by atoms with Crippen molar-refractivity contribution < 1.29 is 0 Å². The zero-order valence-corrected chi connectivity index (χ0v) is 7.33. The molecule has 12 heavy (non-hydrogen) atoms. The topological polar surface area (TPSA) is 54.8 Å². The summed E-state index contributed by atoms with van der Waals surface area (Å²) in [5, 5.41) is 14.3. The molecule has 1 aliphatic heterocycles.